The maximum absolute atomic E-state index is 12.6. The highest BCUT2D eigenvalue weighted by atomic mass is 16.7. The second-order valence-corrected chi connectivity index (χ2v) is 11.4. The molecule has 0 aromatic heterocycles. The molecule has 7 fully saturated rings. The Morgan fingerprint density at radius 3 is 2.79 bits per heavy atom. The molecule has 0 amide bonds. The Hall–Kier alpha value is -0.585. The third kappa shape index (κ3) is 1.85. The SMILES string of the molecule is COC(=O)[C@]12CC[C@H]3C(CN1)C32CCCB1O[C@@H]2C[C@@H]3C[C@@H](C3(C)C)[C@]2(C)O1. The van der Waals surface area contributed by atoms with Crippen LogP contribution < -0.4 is 5.32 Å². The molecule has 6 heteroatoms. The number of fused-ring (bicyclic) bond motifs is 1. The van der Waals surface area contributed by atoms with Gasteiger partial charge >= 0.3 is 13.1 Å². The molecule has 0 aromatic carbocycles. The minimum Gasteiger partial charge on any atom is -0.468 e. The Morgan fingerprint density at radius 2 is 2.07 bits per heavy atom. The third-order valence-corrected chi connectivity index (χ3v) is 10.5. The third-order valence-electron chi connectivity index (χ3n) is 10.5. The number of hydrogen-bond donors (Lipinski definition) is 1. The summed E-state index contributed by atoms with van der Waals surface area (Å²) >= 11 is 0. The van der Waals surface area contributed by atoms with E-state index < -0.39 is 5.54 Å². The highest BCUT2D eigenvalue weighted by molar-refractivity contribution is 6.45. The lowest BCUT2D eigenvalue weighted by Gasteiger charge is -2.64. The van der Waals surface area contributed by atoms with E-state index >= 15 is 0 Å². The van der Waals surface area contributed by atoms with Crippen molar-refractivity contribution >= 4 is 13.1 Å². The zero-order valence-electron chi connectivity index (χ0n) is 17.8. The van der Waals surface area contributed by atoms with Gasteiger partial charge in [0.1, 0.15) is 5.54 Å². The minimum absolute atomic E-state index is 0.0381. The van der Waals surface area contributed by atoms with Gasteiger partial charge in [-0.1, -0.05) is 20.3 Å². The molecule has 2 heterocycles. The largest absolute Gasteiger partial charge is 0.468 e. The van der Waals surface area contributed by atoms with Crippen LogP contribution in [0.4, 0.5) is 0 Å². The summed E-state index contributed by atoms with van der Waals surface area (Å²) in [6.45, 7) is 8.09. The first-order valence-corrected chi connectivity index (χ1v) is 11.5. The van der Waals surface area contributed by atoms with Crippen molar-refractivity contribution in [2.75, 3.05) is 13.7 Å². The fraction of sp³-hybridized carbons (Fsp3) is 0.955. The van der Waals surface area contributed by atoms with Crippen LogP contribution in [-0.4, -0.2) is 44.0 Å². The summed E-state index contributed by atoms with van der Waals surface area (Å²) in [6.07, 6.45) is 7.94. The lowest BCUT2D eigenvalue weighted by Crippen LogP contribution is -2.65. The molecule has 154 valence electrons. The Kier molecular flexibility index (Phi) is 3.49. The molecule has 0 radical (unpaired) electrons. The number of rotatable bonds is 5. The van der Waals surface area contributed by atoms with Gasteiger partial charge in [-0.3, -0.25) is 4.79 Å². The lowest BCUT2D eigenvalue weighted by molar-refractivity contribution is -0.199. The van der Waals surface area contributed by atoms with Crippen molar-refractivity contribution in [1.29, 1.82) is 0 Å². The summed E-state index contributed by atoms with van der Waals surface area (Å²) in [5.74, 6) is 2.76. The molecule has 5 aliphatic carbocycles. The number of carbonyl (C=O) groups is 1. The van der Waals surface area contributed by atoms with Gasteiger partial charge in [0.15, 0.2) is 0 Å². The summed E-state index contributed by atoms with van der Waals surface area (Å²) < 4.78 is 18.2. The van der Waals surface area contributed by atoms with Gasteiger partial charge < -0.3 is 19.4 Å². The van der Waals surface area contributed by atoms with Crippen LogP contribution in [0.15, 0.2) is 0 Å². The van der Waals surface area contributed by atoms with Gasteiger partial charge in [0.25, 0.3) is 0 Å². The van der Waals surface area contributed by atoms with Crippen molar-refractivity contribution in [3.8, 4) is 0 Å². The first-order valence-electron chi connectivity index (χ1n) is 11.5. The molecule has 28 heavy (non-hydrogen) atoms. The molecule has 2 aliphatic heterocycles. The maximum Gasteiger partial charge on any atom is 0.457 e. The highest BCUT2D eigenvalue weighted by Gasteiger charge is 2.82. The van der Waals surface area contributed by atoms with E-state index in [9.17, 15) is 4.79 Å². The zero-order valence-corrected chi connectivity index (χ0v) is 17.8. The van der Waals surface area contributed by atoms with Gasteiger partial charge in [-0.15, -0.1) is 0 Å². The quantitative estimate of drug-likeness (QED) is 0.581. The van der Waals surface area contributed by atoms with Gasteiger partial charge in [-0.2, -0.15) is 0 Å². The molecule has 5 nitrogen and oxygen atoms in total. The monoisotopic (exact) mass is 387 g/mol. The summed E-state index contributed by atoms with van der Waals surface area (Å²) in [6, 6.07) is 0. The maximum atomic E-state index is 12.6. The fourth-order valence-corrected chi connectivity index (χ4v) is 8.92. The predicted molar refractivity (Wildman–Crippen MR) is 106 cm³/mol. The van der Waals surface area contributed by atoms with Crippen LogP contribution in [0.3, 0.4) is 0 Å². The molecule has 1 N–H and O–H groups in total. The zero-order chi connectivity index (χ0) is 19.5. The first-order chi connectivity index (χ1) is 13.3. The van der Waals surface area contributed by atoms with Crippen molar-refractivity contribution in [3.05, 3.63) is 0 Å². The number of carbonyl (C=O) groups excluding carboxylic acids is 1. The van der Waals surface area contributed by atoms with Crippen molar-refractivity contribution in [2.24, 2.45) is 34.5 Å². The van der Waals surface area contributed by atoms with Gasteiger partial charge in [-0.05, 0) is 81.0 Å². The van der Waals surface area contributed by atoms with E-state index in [-0.39, 0.29) is 30.2 Å². The molecule has 8 atom stereocenters. The Balaban J connectivity index is 1.12. The van der Waals surface area contributed by atoms with Gasteiger partial charge in [0.05, 0.1) is 18.8 Å². The number of hydrogen-bond acceptors (Lipinski definition) is 5. The lowest BCUT2D eigenvalue weighted by atomic mass is 9.43. The number of esters is 1. The molecular weight excluding hydrogens is 353 g/mol. The minimum atomic E-state index is -0.417. The summed E-state index contributed by atoms with van der Waals surface area (Å²) in [4.78, 5) is 12.6. The van der Waals surface area contributed by atoms with E-state index in [1.54, 1.807) is 0 Å². The van der Waals surface area contributed by atoms with Gasteiger partial charge in [-0.25, -0.2) is 0 Å². The van der Waals surface area contributed by atoms with Crippen LogP contribution in [0.1, 0.15) is 59.3 Å². The van der Waals surface area contributed by atoms with E-state index in [1.165, 1.54) is 20.0 Å². The van der Waals surface area contributed by atoms with Crippen LogP contribution in [0.2, 0.25) is 6.32 Å². The summed E-state index contributed by atoms with van der Waals surface area (Å²) in [5.41, 5.74) is 0.00837. The van der Waals surface area contributed by atoms with E-state index in [4.69, 9.17) is 14.0 Å². The second kappa shape index (κ2) is 5.36. The summed E-state index contributed by atoms with van der Waals surface area (Å²) in [5, 5.41) is 3.56. The van der Waals surface area contributed by atoms with Crippen LogP contribution in [-0.2, 0) is 18.8 Å². The van der Waals surface area contributed by atoms with Crippen molar-refractivity contribution < 1.29 is 18.8 Å². The average molecular weight is 387 g/mol. The standard InChI is InChI=1S/C22H34BNO4/c1-19(2)13-10-16(19)20(3)17(11-13)27-23(28-20)9-5-7-21-14-6-8-22(21,18(25)26-4)24-12-15(14)21/h13-17,24H,5-12H2,1-4H3/t13-,14-,15?,16-,17+,20-,21?,22-/m0/s1. The smallest absolute Gasteiger partial charge is 0.457 e. The fourth-order valence-electron chi connectivity index (χ4n) is 8.92. The number of piperidine rings is 1. The molecule has 0 aromatic rings. The van der Waals surface area contributed by atoms with E-state index in [0.29, 0.717) is 23.2 Å². The van der Waals surface area contributed by atoms with Crippen LogP contribution >= 0.6 is 0 Å². The number of ether oxygens (including phenoxy) is 1. The molecular formula is C22H34BNO4. The van der Waals surface area contributed by atoms with Gasteiger partial charge in [0, 0.05) is 5.41 Å². The Morgan fingerprint density at radius 1 is 1.25 bits per heavy atom. The normalized spacial score (nSPS) is 54.1. The van der Waals surface area contributed by atoms with Crippen molar-refractivity contribution in [2.45, 2.75) is 82.9 Å². The average Bonchev–Trinajstić information content (AvgIpc) is 2.86. The van der Waals surface area contributed by atoms with Gasteiger partial charge in [0.2, 0.25) is 0 Å². The molecule has 2 saturated heterocycles. The molecule has 7 rings (SSSR count). The molecule has 0 spiro atoms. The topological polar surface area (TPSA) is 56.8 Å². The Bertz CT molecular complexity index is 711. The van der Waals surface area contributed by atoms with Crippen LogP contribution in [0.25, 0.3) is 0 Å². The summed E-state index contributed by atoms with van der Waals surface area (Å²) in [7, 11) is 1.46. The van der Waals surface area contributed by atoms with E-state index in [1.807, 2.05) is 0 Å². The second-order valence-electron chi connectivity index (χ2n) is 11.4. The van der Waals surface area contributed by atoms with E-state index in [2.05, 4.69) is 26.1 Å². The molecule has 2 bridgehead atoms. The van der Waals surface area contributed by atoms with E-state index in [0.717, 1.165) is 44.5 Å². The Labute approximate surface area is 168 Å². The molecule has 7 aliphatic rings. The van der Waals surface area contributed by atoms with Crippen LogP contribution in [0, 0.1) is 34.5 Å². The number of methoxy groups -OCH3 is 1. The first kappa shape index (κ1) is 18.2. The van der Waals surface area contributed by atoms with Crippen LogP contribution in [0.5, 0.6) is 0 Å². The molecule has 2 unspecified atom stereocenters. The highest BCUT2D eigenvalue weighted by Crippen LogP contribution is 2.77. The van der Waals surface area contributed by atoms with Crippen molar-refractivity contribution in [3.63, 3.8) is 0 Å². The van der Waals surface area contributed by atoms with Crippen molar-refractivity contribution in [1.82, 2.24) is 5.32 Å². The molecule has 5 saturated carbocycles. The predicted octanol–water partition coefficient (Wildman–Crippen LogP) is 3.04. The number of nitrogens with one attached hydrogen (secondary N) is 1.